The van der Waals surface area contributed by atoms with Crippen LogP contribution in [0.2, 0.25) is 0 Å². The first-order valence-corrected chi connectivity index (χ1v) is 11.9. The minimum atomic E-state index is -0.284. The molecule has 2 heterocycles. The number of likely N-dealkylation sites (tertiary alicyclic amines) is 1. The number of anilines is 1. The summed E-state index contributed by atoms with van der Waals surface area (Å²) in [5, 5.41) is 5.94. The van der Waals surface area contributed by atoms with E-state index in [1.54, 1.807) is 7.11 Å². The van der Waals surface area contributed by atoms with E-state index in [1.807, 2.05) is 12.1 Å². The average molecular weight is 452 g/mol. The molecule has 2 fully saturated rings. The minimum Gasteiger partial charge on any atom is -0.497 e. The zero-order chi connectivity index (χ0) is 23.0. The fourth-order valence-corrected chi connectivity index (χ4v) is 4.70. The van der Waals surface area contributed by atoms with Gasteiger partial charge in [0.15, 0.2) is 11.5 Å². The van der Waals surface area contributed by atoms with Gasteiger partial charge >= 0.3 is 0 Å². The highest BCUT2D eigenvalue weighted by Gasteiger charge is 2.26. The Morgan fingerprint density at radius 1 is 1.06 bits per heavy atom. The number of carbonyl (C=O) groups excluding carboxylic acids is 2. The third kappa shape index (κ3) is 6.28. The van der Waals surface area contributed by atoms with Crippen LogP contribution < -0.4 is 15.4 Å². The lowest BCUT2D eigenvalue weighted by Crippen LogP contribution is -2.44. The van der Waals surface area contributed by atoms with Gasteiger partial charge in [-0.2, -0.15) is 0 Å². The Bertz CT molecular complexity index is 953. The van der Waals surface area contributed by atoms with Crippen molar-refractivity contribution in [1.82, 2.24) is 20.2 Å². The molecule has 0 unspecified atom stereocenters. The normalized spacial score (nSPS) is 18.0. The Balaban J connectivity index is 1.29. The third-order valence-corrected chi connectivity index (χ3v) is 6.59. The molecule has 1 aromatic carbocycles. The van der Waals surface area contributed by atoms with Crippen LogP contribution in [0.4, 0.5) is 5.82 Å². The maximum Gasteiger partial charge on any atom is 0.273 e. The van der Waals surface area contributed by atoms with Crippen molar-refractivity contribution in [2.75, 3.05) is 25.5 Å². The van der Waals surface area contributed by atoms with E-state index in [0.717, 1.165) is 63.9 Å². The van der Waals surface area contributed by atoms with Crippen LogP contribution in [0.3, 0.4) is 0 Å². The van der Waals surface area contributed by atoms with Crippen molar-refractivity contribution in [3.8, 4) is 5.75 Å². The molecule has 0 atom stereocenters. The topological polar surface area (TPSA) is 96.4 Å². The zero-order valence-corrected chi connectivity index (χ0v) is 19.3. The molecule has 1 saturated heterocycles. The maximum atomic E-state index is 12.9. The number of piperidine rings is 1. The molecule has 1 saturated carbocycles. The van der Waals surface area contributed by atoms with Gasteiger partial charge in [-0.1, -0.05) is 31.4 Å². The smallest absolute Gasteiger partial charge is 0.273 e. The van der Waals surface area contributed by atoms with E-state index in [2.05, 4.69) is 37.6 Å². The second kappa shape index (κ2) is 11.2. The van der Waals surface area contributed by atoms with Crippen LogP contribution in [0.25, 0.3) is 0 Å². The molecule has 0 radical (unpaired) electrons. The lowest BCUT2D eigenvalue weighted by molar-refractivity contribution is -0.120. The van der Waals surface area contributed by atoms with E-state index in [0.29, 0.717) is 0 Å². The van der Waals surface area contributed by atoms with E-state index in [4.69, 9.17) is 4.74 Å². The number of carbonyl (C=O) groups is 2. The Kier molecular flexibility index (Phi) is 7.88. The summed E-state index contributed by atoms with van der Waals surface area (Å²) in [4.78, 5) is 36.4. The Hall–Kier alpha value is -3.00. The number of benzene rings is 1. The van der Waals surface area contributed by atoms with Gasteiger partial charge in [0.05, 0.1) is 7.11 Å². The number of nitrogens with one attached hydrogen (secondary N) is 2. The number of aromatic nitrogens is 2. The van der Waals surface area contributed by atoms with Crippen LogP contribution in [-0.2, 0) is 11.3 Å². The van der Waals surface area contributed by atoms with Crippen LogP contribution in [0.5, 0.6) is 5.75 Å². The molecule has 0 bridgehead atoms. The van der Waals surface area contributed by atoms with Crippen molar-refractivity contribution in [2.45, 2.75) is 57.5 Å². The van der Waals surface area contributed by atoms with Crippen LogP contribution in [0, 0.1) is 5.92 Å². The molecular weight excluding hydrogens is 418 g/mol. The summed E-state index contributed by atoms with van der Waals surface area (Å²) in [6.07, 6.45) is 9.82. The van der Waals surface area contributed by atoms with Gasteiger partial charge in [-0.05, 0) is 43.4 Å². The quantitative estimate of drug-likeness (QED) is 0.670. The number of amides is 2. The summed E-state index contributed by atoms with van der Waals surface area (Å²) < 4.78 is 5.31. The van der Waals surface area contributed by atoms with Crippen LogP contribution in [0.15, 0.2) is 36.7 Å². The van der Waals surface area contributed by atoms with Gasteiger partial charge in [-0.15, -0.1) is 0 Å². The first-order chi connectivity index (χ1) is 16.1. The van der Waals surface area contributed by atoms with E-state index in [-0.39, 0.29) is 35.3 Å². The maximum absolute atomic E-state index is 12.9. The number of hydrogen-bond donors (Lipinski definition) is 2. The number of ether oxygens (including phenoxy) is 1. The van der Waals surface area contributed by atoms with E-state index in [1.165, 1.54) is 24.4 Å². The zero-order valence-electron chi connectivity index (χ0n) is 19.3. The molecule has 176 valence electrons. The van der Waals surface area contributed by atoms with Gasteiger partial charge < -0.3 is 15.4 Å². The Morgan fingerprint density at radius 2 is 1.82 bits per heavy atom. The number of hydrogen-bond acceptors (Lipinski definition) is 6. The highest BCUT2D eigenvalue weighted by Crippen LogP contribution is 2.25. The van der Waals surface area contributed by atoms with E-state index < -0.39 is 0 Å². The summed E-state index contributed by atoms with van der Waals surface area (Å²) in [5.74, 6) is 0.764. The lowest BCUT2D eigenvalue weighted by Gasteiger charge is -2.32. The first-order valence-electron chi connectivity index (χ1n) is 11.9. The highest BCUT2D eigenvalue weighted by atomic mass is 16.5. The summed E-state index contributed by atoms with van der Waals surface area (Å²) in [7, 11) is 1.68. The SMILES string of the molecule is COc1cccc(CN2CCC(NC(=O)c3nccnc3NC(=O)C3CCCCC3)CC2)c1. The Labute approximate surface area is 195 Å². The van der Waals surface area contributed by atoms with E-state index >= 15 is 0 Å². The van der Waals surface area contributed by atoms with Gasteiger partial charge in [-0.3, -0.25) is 14.5 Å². The second-order valence-corrected chi connectivity index (χ2v) is 8.95. The Morgan fingerprint density at radius 3 is 2.58 bits per heavy atom. The minimum absolute atomic E-state index is 0.00872. The summed E-state index contributed by atoms with van der Waals surface area (Å²) in [6.45, 7) is 2.65. The molecule has 2 aromatic rings. The summed E-state index contributed by atoms with van der Waals surface area (Å²) >= 11 is 0. The predicted octanol–water partition coefficient (Wildman–Crippen LogP) is 3.40. The van der Waals surface area contributed by atoms with Crippen LogP contribution >= 0.6 is 0 Å². The average Bonchev–Trinajstić information content (AvgIpc) is 2.86. The molecule has 1 aliphatic heterocycles. The standard InChI is InChI=1S/C25H33N5O3/c1-33-21-9-5-6-18(16-21)17-30-14-10-20(11-15-30)28-25(32)22-23(27-13-12-26-22)29-24(31)19-7-3-2-4-8-19/h5-6,9,12-13,16,19-20H,2-4,7-8,10-11,14-15,17H2,1H3,(H,28,32)(H,27,29,31). The molecule has 2 aliphatic rings. The summed E-state index contributed by atoms with van der Waals surface area (Å²) in [6, 6.07) is 8.19. The van der Waals surface area contributed by atoms with Crippen molar-refractivity contribution in [2.24, 2.45) is 5.92 Å². The molecule has 8 heteroatoms. The molecule has 0 spiro atoms. The lowest BCUT2D eigenvalue weighted by atomic mass is 9.89. The number of nitrogens with zero attached hydrogens (tertiary/aromatic N) is 3. The molecule has 2 amide bonds. The number of methoxy groups -OCH3 is 1. The van der Waals surface area contributed by atoms with Gasteiger partial charge in [0.25, 0.3) is 5.91 Å². The van der Waals surface area contributed by atoms with Gasteiger partial charge in [0, 0.05) is 44.0 Å². The molecule has 8 nitrogen and oxygen atoms in total. The summed E-state index contributed by atoms with van der Waals surface area (Å²) in [5.41, 5.74) is 1.40. The molecule has 1 aromatic heterocycles. The van der Waals surface area contributed by atoms with Crippen molar-refractivity contribution in [1.29, 1.82) is 0 Å². The largest absolute Gasteiger partial charge is 0.497 e. The first kappa shape index (κ1) is 23.2. The highest BCUT2D eigenvalue weighted by molar-refractivity contribution is 6.01. The molecular formula is C25H33N5O3. The second-order valence-electron chi connectivity index (χ2n) is 8.95. The van der Waals surface area contributed by atoms with Crippen molar-refractivity contribution >= 4 is 17.6 Å². The monoisotopic (exact) mass is 451 g/mol. The molecule has 1 aliphatic carbocycles. The van der Waals surface area contributed by atoms with Gasteiger partial charge in [0.1, 0.15) is 5.75 Å². The van der Waals surface area contributed by atoms with Crippen LogP contribution in [0.1, 0.15) is 61.0 Å². The molecule has 33 heavy (non-hydrogen) atoms. The van der Waals surface area contributed by atoms with Gasteiger partial charge in [0.2, 0.25) is 5.91 Å². The third-order valence-electron chi connectivity index (χ3n) is 6.59. The van der Waals surface area contributed by atoms with Crippen molar-refractivity contribution in [3.05, 3.63) is 47.9 Å². The van der Waals surface area contributed by atoms with Crippen molar-refractivity contribution < 1.29 is 14.3 Å². The number of rotatable bonds is 7. The fourth-order valence-electron chi connectivity index (χ4n) is 4.70. The fraction of sp³-hybridized carbons (Fsp3) is 0.520. The predicted molar refractivity (Wildman–Crippen MR) is 126 cm³/mol. The van der Waals surface area contributed by atoms with Gasteiger partial charge in [-0.25, -0.2) is 9.97 Å². The van der Waals surface area contributed by atoms with Crippen LogP contribution in [-0.4, -0.2) is 52.9 Å². The molecule has 2 N–H and O–H groups in total. The molecule has 4 rings (SSSR count). The van der Waals surface area contributed by atoms with E-state index in [9.17, 15) is 9.59 Å². The van der Waals surface area contributed by atoms with Crippen molar-refractivity contribution in [3.63, 3.8) is 0 Å².